The van der Waals surface area contributed by atoms with E-state index < -0.39 is 10.0 Å². The van der Waals surface area contributed by atoms with Crippen LogP contribution in [0, 0.1) is 5.92 Å². The topological polar surface area (TPSA) is 67.9 Å². The summed E-state index contributed by atoms with van der Waals surface area (Å²) in [6.07, 6.45) is 5.35. The van der Waals surface area contributed by atoms with E-state index >= 15 is 0 Å². The first-order chi connectivity index (χ1) is 14.9. The van der Waals surface area contributed by atoms with Crippen LogP contribution in [0.15, 0.2) is 53.4 Å². The Labute approximate surface area is 184 Å². The van der Waals surface area contributed by atoms with Crippen LogP contribution < -0.4 is 14.8 Å². The second kappa shape index (κ2) is 8.55. The van der Waals surface area contributed by atoms with Crippen molar-refractivity contribution in [2.75, 3.05) is 32.6 Å². The van der Waals surface area contributed by atoms with Crippen molar-refractivity contribution in [1.29, 1.82) is 0 Å². The van der Waals surface area contributed by atoms with Crippen LogP contribution in [0.3, 0.4) is 0 Å². The van der Waals surface area contributed by atoms with E-state index in [1.807, 2.05) is 38.1 Å². The molecule has 0 aromatic heterocycles. The molecule has 7 heteroatoms. The van der Waals surface area contributed by atoms with Crippen LogP contribution in [0.2, 0.25) is 0 Å². The molecule has 1 N–H and O–H groups in total. The molecule has 0 fully saturated rings. The average Bonchev–Trinajstić information content (AvgIpc) is 3.28. The largest absolute Gasteiger partial charge is 0.493 e. The molecule has 0 radical (unpaired) electrons. The molecule has 3 atom stereocenters. The third-order valence-corrected chi connectivity index (χ3v) is 8.49. The second-order valence-electron chi connectivity index (χ2n) is 7.93. The predicted molar refractivity (Wildman–Crippen MR) is 122 cm³/mol. The van der Waals surface area contributed by atoms with Crippen LogP contribution in [-0.4, -0.2) is 40.0 Å². The van der Waals surface area contributed by atoms with E-state index in [2.05, 4.69) is 23.5 Å². The minimum absolute atomic E-state index is 0.0949. The van der Waals surface area contributed by atoms with Gasteiger partial charge in [-0.05, 0) is 53.8 Å². The van der Waals surface area contributed by atoms with Crippen molar-refractivity contribution in [3.63, 3.8) is 0 Å². The van der Waals surface area contributed by atoms with E-state index in [-0.39, 0.29) is 12.0 Å². The number of rotatable bonds is 7. The number of hydrogen-bond donors (Lipinski definition) is 1. The van der Waals surface area contributed by atoms with Crippen LogP contribution >= 0.6 is 0 Å². The molecule has 6 nitrogen and oxygen atoms in total. The third kappa shape index (κ3) is 3.70. The minimum Gasteiger partial charge on any atom is -0.493 e. The van der Waals surface area contributed by atoms with Gasteiger partial charge in [-0.2, -0.15) is 4.31 Å². The van der Waals surface area contributed by atoms with Gasteiger partial charge in [-0.25, -0.2) is 8.42 Å². The average molecular weight is 443 g/mol. The highest BCUT2D eigenvalue weighted by Gasteiger charge is 2.39. The third-order valence-electron chi connectivity index (χ3n) is 6.44. The van der Waals surface area contributed by atoms with E-state index in [0.29, 0.717) is 35.4 Å². The summed E-state index contributed by atoms with van der Waals surface area (Å²) in [5, 5.41) is 3.66. The van der Waals surface area contributed by atoms with Gasteiger partial charge < -0.3 is 14.8 Å². The normalized spacial score (nSPS) is 22.0. The van der Waals surface area contributed by atoms with Gasteiger partial charge in [0.1, 0.15) is 0 Å². The zero-order valence-corrected chi connectivity index (χ0v) is 19.3. The molecule has 1 heterocycles. The number of nitrogens with one attached hydrogen (secondary N) is 1. The van der Waals surface area contributed by atoms with Crippen LogP contribution in [0.25, 0.3) is 0 Å². The van der Waals surface area contributed by atoms with E-state index in [4.69, 9.17) is 9.47 Å². The number of hydrogen-bond acceptors (Lipinski definition) is 5. The minimum atomic E-state index is -3.49. The maximum Gasteiger partial charge on any atom is 0.243 e. The molecule has 4 rings (SSSR count). The Balaban J connectivity index is 1.73. The van der Waals surface area contributed by atoms with Gasteiger partial charge in [0.2, 0.25) is 10.0 Å². The lowest BCUT2D eigenvalue weighted by molar-refractivity contribution is 0.353. The van der Waals surface area contributed by atoms with Crippen molar-refractivity contribution in [3.05, 3.63) is 59.7 Å². The summed E-state index contributed by atoms with van der Waals surface area (Å²) in [6.45, 7) is 4.65. The summed E-state index contributed by atoms with van der Waals surface area (Å²) >= 11 is 0. The summed E-state index contributed by atoms with van der Waals surface area (Å²) < 4.78 is 38.5. The Morgan fingerprint density at radius 3 is 2.45 bits per heavy atom. The first-order valence-electron chi connectivity index (χ1n) is 10.7. The predicted octanol–water partition coefficient (Wildman–Crippen LogP) is 4.56. The van der Waals surface area contributed by atoms with Crippen LogP contribution in [0.4, 0.5) is 5.69 Å². The Morgan fingerprint density at radius 1 is 1.03 bits per heavy atom. The molecule has 0 bridgehead atoms. The lowest BCUT2D eigenvalue weighted by atomic mass is 9.77. The summed E-state index contributed by atoms with van der Waals surface area (Å²) in [6, 6.07) is 11.6. The van der Waals surface area contributed by atoms with Crippen molar-refractivity contribution in [2.24, 2.45) is 5.92 Å². The fourth-order valence-electron chi connectivity index (χ4n) is 4.82. The van der Waals surface area contributed by atoms with Crippen molar-refractivity contribution in [2.45, 2.75) is 37.1 Å². The number of methoxy groups -OCH3 is 2. The van der Waals surface area contributed by atoms with Gasteiger partial charge in [-0.3, -0.25) is 0 Å². The van der Waals surface area contributed by atoms with Gasteiger partial charge in [0.15, 0.2) is 11.5 Å². The smallest absolute Gasteiger partial charge is 0.243 e. The molecule has 0 spiro atoms. The fourth-order valence-corrected chi connectivity index (χ4v) is 6.32. The van der Waals surface area contributed by atoms with E-state index in [0.717, 1.165) is 23.2 Å². The summed E-state index contributed by atoms with van der Waals surface area (Å²) in [5.74, 6) is 1.88. The number of benzene rings is 2. The second-order valence-corrected chi connectivity index (χ2v) is 9.87. The first-order valence-corrected chi connectivity index (χ1v) is 12.2. The molecule has 0 saturated heterocycles. The number of ether oxygens (including phenoxy) is 2. The molecule has 2 aliphatic rings. The Morgan fingerprint density at radius 2 is 1.77 bits per heavy atom. The maximum absolute atomic E-state index is 13.1. The summed E-state index contributed by atoms with van der Waals surface area (Å²) in [4.78, 5) is 0.361. The Bertz CT molecular complexity index is 1090. The van der Waals surface area contributed by atoms with Gasteiger partial charge in [-0.1, -0.05) is 32.1 Å². The summed E-state index contributed by atoms with van der Waals surface area (Å²) in [7, 11) is -0.221. The van der Waals surface area contributed by atoms with Gasteiger partial charge in [0, 0.05) is 24.7 Å². The first kappa shape index (κ1) is 21.7. The highest BCUT2D eigenvalue weighted by Crippen LogP contribution is 2.51. The molecule has 1 aliphatic heterocycles. The molecule has 1 aliphatic carbocycles. The molecule has 3 unspecified atom stereocenters. The van der Waals surface area contributed by atoms with E-state index in [9.17, 15) is 8.42 Å². The van der Waals surface area contributed by atoms with Crippen molar-refractivity contribution in [1.82, 2.24) is 4.31 Å². The Kier molecular flexibility index (Phi) is 5.99. The monoisotopic (exact) mass is 442 g/mol. The Hall–Kier alpha value is -2.51. The lowest BCUT2D eigenvalue weighted by Crippen LogP contribution is -2.32. The number of sulfonamides is 1. The summed E-state index contributed by atoms with van der Waals surface area (Å²) in [5.41, 5.74) is 3.15. The zero-order chi connectivity index (χ0) is 22.2. The van der Waals surface area contributed by atoms with E-state index in [1.54, 1.807) is 20.3 Å². The molecule has 2 aromatic rings. The number of nitrogens with zero attached hydrogens (tertiary/aromatic N) is 1. The molecule has 166 valence electrons. The van der Waals surface area contributed by atoms with Crippen molar-refractivity contribution >= 4 is 15.7 Å². The van der Waals surface area contributed by atoms with Crippen LogP contribution in [-0.2, 0) is 10.0 Å². The van der Waals surface area contributed by atoms with Gasteiger partial charge >= 0.3 is 0 Å². The number of allylic oxidation sites excluding steroid dienone is 2. The highest BCUT2D eigenvalue weighted by atomic mass is 32.2. The molecule has 0 amide bonds. The number of anilines is 1. The molecular weight excluding hydrogens is 412 g/mol. The van der Waals surface area contributed by atoms with Gasteiger partial charge in [0.25, 0.3) is 0 Å². The number of fused-ring (bicyclic) bond motifs is 3. The van der Waals surface area contributed by atoms with Crippen molar-refractivity contribution in [3.8, 4) is 11.5 Å². The van der Waals surface area contributed by atoms with Crippen LogP contribution in [0.1, 0.15) is 43.4 Å². The molecular formula is C24H30N2O4S. The highest BCUT2D eigenvalue weighted by molar-refractivity contribution is 7.89. The fraction of sp³-hybridized carbons (Fsp3) is 0.417. The molecule has 0 saturated carbocycles. The SMILES string of the molecule is CCN(CC)S(=O)(=O)c1ccc2c(c1)C1C=CCC1C(c1ccc(OC)c(OC)c1)N2. The van der Waals surface area contributed by atoms with Gasteiger partial charge in [-0.15, -0.1) is 0 Å². The van der Waals surface area contributed by atoms with E-state index in [1.165, 1.54) is 4.31 Å². The van der Waals surface area contributed by atoms with Crippen LogP contribution in [0.5, 0.6) is 11.5 Å². The van der Waals surface area contributed by atoms with Crippen molar-refractivity contribution < 1.29 is 17.9 Å². The van der Waals surface area contributed by atoms with Gasteiger partial charge in [0.05, 0.1) is 25.2 Å². The maximum atomic E-state index is 13.1. The standard InChI is InChI=1S/C24H30N2O4S/c1-5-26(6-2)31(27,28)17-11-12-21-20(15-17)18-8-7-9-19(18)24(25-21)16-10-13-22(29-3)23(14-16)30-4/h7-8,10-15,18-19,24-25H,5-6,9H2,1-4H3. The molecule has 2 aromatic carbocycles. The zero-order valence-electron chi connectivity index (χ0n) is 18.5. The quantitative estimate of drug-likeness (QED) is 0.637. The lowest BCUT2D eigenvalue weighted by Gasteiger charge is -2.38. The molecule has 31 heavy (non-hydrogen) atoms.